The quantitative estimate of drug-likeness (QED) is 0.542. The summed E-state index contributed by atoms with van der Waals surface area (Å²) in [6, 6.07) is 6.36. The number of unbranched alkanes of at least 4 members (excludes halogenated alkanes) is 1. The van der Waals surface area contributed by atoms with E-state index in [0.29, 0.717) is 18.4 Å². The number of nitrogens with one attached hydrogen (secondary N) is 1. The molecule has 2 nitrogen and oxygen atoms in total. The molecule has 0 bridgehead atoms. The van der Waals surface area contributed by atoms with Crippen LogP contribution in [0.2, 0.25) is 5.02 Å². The topological polar surface area (TPSA) is 41.8 Å². The van der Waals surface area contributed by atoms with E-state index in [0.717, 1.165) is 35.0 Å². The van der Waals surface area contributed by atoms with Crippen LogP contribution in [-0.4, -0.2) is 11.5 Å². The summed E-state index contributed by atoms with van der Waals surface area (Å²) in [5.41, 5.74) is 6.52. The average molecular weight is 373 g/mol. The first-order valence-corrected chi connectivity index (χ1v) is 8.83. The Labute approximate surface area is 146 Å². The highest BCUT2D eigenvalue weighted by molar-refractivity contribution is 7.13. The molecule has 0 aliphatic carbocycles. The predicted molar refractivity (Wildman–Crippen MR) is 93.6 cm³/mol. The fourth-order valence-corrected chi connectivity index (χ4v) is 3.85. The summed E-state index contributed by atoms with van der Waals surface area (Å²) < 4.78 is 40.2. The van der Waals surface area contributed by atoms with Crippen molar-refractivity contribution in [3.05, 3.63) is 45.8 Å². The zero-order valence-corrected chi connectivity index (χ0v) is 14.3. The Morgan fingerprint density at radius 3 is 2.62 bits per heavy atom. The normalized spacial score (nSPS) is 12.2. The second-order valence-electron chi connectivity index (χ2n) is 5.58. The summed E-state index contributed by atoms with van der Waals surface area (Å²) in [6.07, 6.45) is -2.17. The number of nitrogens with two attached hydrogens (primary N) is 1. The van der Waals surface area contributed by atoms with Crippen LogP contribution in [-0.2, 0) is 12.6 Å². The van der Waals surface area contributed by atoms with E-state index < -0.39 is 11.7 Å². The first-order valence-electron chi connectivity index (χ1n) is 7.57. The number of aromatic amines is 1. The Balaban J connectivity index is 2.24. The Morgan fingerprint density at radius 1 is 1.21 bits per heavy atom. The van der Waals surface area contributed by atoms with Crippen molar-refractivity contribution >= 4 is 33.8 Å². The summed E-state index contributed by atoms with van der Waals surface area (Å²) >= 11 is 7.46. The summed E-state index contributed by atoms with van der Waals surface area (Å²) in [5.74, 6) is 0. The van der Waals surface area contributed by atoms with Crippen molar-refractivity contribution in [2.24, 2.45) is 5.73 Å². The van der Waals surface area contributed by atoms with Crippen molar-refractivity contribution < 1.29 is 13.2 Å². The van der Waals surface area contributed by atoms with Gasteiger partial charge in [-0.3, -0.25) is 0 Å². The Hall–Kier alpha value is -1.50. The van der Waals surface area contributed by atoms with Crippen LogP contribution >= 0.6 is 22.9 Å². The number of aromatic nitrogens is 1. The minimum atomic E-state index is -4.46. The van der Waals surface area contributed by atoms with Crippen LogP contribution in [0.5, 0.6) is 0 Å². The van der Waals surface area contributed by atoms with Crippen molar-refractivity contribution in [2.45, 2.75) is 25.4 Å². The van der Waals surface area contributed by atoms with Gasteiger partial charge in [-0.1, -0.05) is 17.7 Å². The van der Waals surface area contributed by atoms with Crippen molar-refractivity contribution in [1.29, 1.82) is 0 Å². The van der Waals surface area contributed by atoms with E-state index in [1.54, 1.807) is 6.07 Å². The molecular formula is C17H16ClF3N2S. The molecule has 0 unspecified atom stereocenters. The van der Waals surface area contributed by atoms with Gasteiger partial charge in [0.15, 0.2) is 0 Å². The van der Waals surface area contributed by atoms with Gasteiger partial charge in [-0.2, -0.15) is 13.2 Å². The maximum atomic E-state index is 13.4. The maximum absolute atomic E-state index is 13.4. The fraction of sp³-hybridized carbons (Fsp3) is 0.294. The second-order valence-corrected chi connectivity index (χ2v) is 6.96. The highest BCUT2D eigenvalue weighted by Crippen LogP contribution is 2.41. The number of hydrogen-bond acceptors (Lipinski definition) is 2. The van der Waals surface area contributed by atoms with Crippen molar-refractivity contribution in [3.63, 3.8) is 0 Å². The summed E-state index contributed by atoms with van der Waals surface area (Å²) in [5, 5.41) is 2.53. The molecule has 1 aromatic carbocycles. The van der Waals surface area contributed by atoms with E-state index in [1.165, 1.54) is 11.3 Å². The lowest BCUT2D eigenvalue weighted by molar-refractivity contribution is -0.136. The lowest BCUT2D eigenvalue weighted by Gasteiger charge is -2.09. The first-order chi connectivity index (χ1) is 11.4. The molecule has 3 aromatic rings. The zero-order chi connectivity index (χ0) is 17.3. The Bertz CT molecular complexity index is 838. The van der Waals surface area contributed by atoms with Crippen LogP contribution in [0.25, 0.3) is 21.5 Å². The molecule has 0 aliphatic rings. The minimum absolute atomic E-state index is 0.0895. The van der Waals surface area contributed by atoms with E-state index in [-0.39, 0.29) is 10.5 Å². The van der Waals surface area contributed by atoms with Crippen LogP contribution in [0, 0.1) is 0 Å². The standard InChI is InChI=1S/C17H16ClF3N2S/c18-10-8-12-11(4-1-2-6-22)16(14-5-3-7-24-14)23-15(12)13(9-10)17(19,20)21/h3,5,7-9,23H,1-2,4,6,22H2. The zero-order valence-electron chi connectivity index (χ0n) is 12.7. The van der Waals surface area contributed by atoms with Gasteiger partial charge in [-0.15, -0.1) is 11.3 Å². The molecule has 0 fully saturated rings. The number of halogens is 4. The van der Waals surface area contributed by atoms with Gasteiger partial charge in [0, 0.05) is 10.4 Å². The lowest BCUT2D eigenvalue weighted by atomic mass is 10.0. The van der Waals surface area contributed by atoms with Gasteiger partial charge in [-0.25, -0.2) is 0 Å². The molecular weight excluding hydrogens is 357 g/mol. The molecule has 2 aromatic heterocycles. The SMILES string of the molecule is NCCCCc1c(-c2cccs2)[nH]c2c(C(F)(F)F)cc(Cl)cc12. The number of rotatable bonds is 5. The van der Waals surface area contributed by atoms with Gasteiger partial charge >= 0.3 is 6.18 Å². The minimum Gasteiger partial charge on any atom is -0.353 e. The monoisotopic (exact) mass is 372 g/mol. The molecule has 2 heterocycles. The van der Waals surface area contributed by atoms with Gasteiger partial charge in [0.2, 0.25) is 0 Å². The number of H-pyrrole nitrogens is 1. The predicted octanol–water partition coefficient (Wildman–Crippen LogP) is 5.85. The van der Waals surface area contributed by atoms with Crippen LogP contribution in [0.1, 0.15) is 24.0 Å². The third-order valence-electron chi connectivity index (χ3n) is 3.93. The number of alkyl halides is 3. The van der Waals surface area contributed by atoms with Crippen LogP contribution in [0.3, 0.4) is 0 Å². The number of benzene rings is 1. The van der Waals surface area contributed by atoms with E-state index in [9.17, 15) is 13.2 Å². The van der Waals surface area contributed by atoms with Gasteiger partial charge in [0.25, 0.3) is 0 Å². The molecule has 3 rings (SSSR count). The Kier molecular flexibility index (Phi) is 4.90. The molecule has 3 N–H and O–H groups in total. The summed E-state index contributed by atoms with van der Waals surface area (Å²) in [4.78, 5) is 3.91. The number of fused-ring (bicyclic) bond motifs is 1. The molecule has 24 heavy (non-hydrogen) atoms. The summed E-state index contributed by atoms with van der Waals surface area (Å²) in [6.45, 7) is 0.561. The first kappa shape index (κ1) is 17.3. The van der Waals surface area contributed by atoms with Gasteiger partial charge in [0.05, 0.1) is 21.7 Å². The molecule has 0 amide bonds. The smallest absolute Gasteiger partial charge is 0.353 e. The molecule has 128 valence electrons. The molecule has 0 saturated heterocycles. The molecule has 0 radical (unpaired) electrons. The largest absolute Gasteiger partial charge is 0.418 e. The van der Waals surface area contributed by atoms with Crippen molar-refractivity contribution in [2.75, 3.05) is 6.54 Å². The van der Waals surface area contributed by atoms with Gasteiger partial charge < -0.3 is 10.7 Å². The fourth-order valence-electron chi connectivity index (χ4n) is 2.88. The van der Waals surface area contributed by atoms with Gasteiger partial charge in [0.1, 0.15) is 0 Å². The van der Waals surface area contributed by atoms with E-state index in [4.69, 9.17) is 17.3 Å². The van der Waals surface area contributed by atoms with E-state index >= 15 is 0 Å². The average Bonchev–Trinajstić information content (AvgIpc) is 3.13. The highest BCUT2D eigenvalue weighted by Gasteiger charge is 2.34. The second kappa shape index (κ2) is 6.78. The summed E-state index contributed by atoms with van der Waals surface area (Å²) in [7, 11) is 0. The third kappa shape index (κ3) is 3.31. The molecule has 0 spiro atoms. The molecule has 0 atom stereocenters. The molecule has 0 aliphatic heterocycles. The van der Waals surface area contributed by atoms with Crippen LogP contribution < -0.4 is 5.73 Å². The molecule has 7 heteroatoms. The number of thiophene rings is 1. The van der Waals surface area contributed by atoms with Crippen molar-refractivity contribution in [1.82, 2.24) is 4.98 Å². The van der Waals surface area contributed by atoms with Crippen LogP contribution in [0.15, 0.2) is 29.6 Å². The van der Waals surface area contributed by atoms with E-state index in [2.05, 4.69) is 4.98 Å². The lowest BCUT2D eigenvalue weighted by Crippen LogP contribution is -2.05. The third-order valence-corrected chi connectivity index (χ3v) is 5.04. The van der Waals surface area contributed by atoms with Crippen LogP contribution in [0.4, 0.5) is 13.2 Å². The molecule has 0 saturated carbocycles. The van der Waals surface area contributed by atoms with E-state index in [1.807, 2.05) is 17.5 Å². The van der Waals surface area contributed by atoms with Gasteiger partial charge in [-0.05, 0) is 54.9 Å². The Morgan fingerprint density at radius 2 is 2.00 bits per heavy atom. The number of hydrogen-bond donors (Lipinski definition) is 2. The number of aryl methyl sites for hydroxylation is 1. The van der Waals surface area contributed by atoms with Crippen molar-refractivity contribution in [3.8, 4) is 10.6 Å². The highest BCUT2D eigenvalue weighted by atomic mass is 35.5. The maximum Gasteiger partial charge on any atom is 0.418 e.